The SMILES string of the molecule is C=C/C=C(/C)[C@H]1CSC=N1. The van der Waals surface area contributed by atoms with Crippen LogP contribution in [-0.4, -0.2) is 17.3 Å². The first-order valence-electron chi connectivity index (χ1n) is 3.27. The molecule has 0 aromatic rings. The third kappa shape index (κ3) is 1.74. The van der Waals surface area contributed by atoms with Gasteiger partial charge in [0.05, 0.1) is 11.6 Å². The summed E-state index contributed by atoms with van der Waals surface area (Å²) in [4.78, 5) is 4.28. The lowest BCUT2D eigenvalue weighted by molar-refractivity contribution is 0.894. The van der Waals surface area contributed by atoms with E-state index in [4.69, 9.17) is 0 Å². The van der Waals surface area contributed by atoms with Crippen LogP contribution in [0.4, 0.5) is 0 Å². The van der Waals surface area contributed by atoms with Gasteiger partial charge in [0.2, 0.25) is 0 Å². The van der Waals surface area contributed by atoms with Crippen molar-refractivity contribution in [3.8, 4) is 0 Å². The van der Waals surface area contributed by atoms with Gasteiger partial charge >= 0.3 is 0 Å². The van der Waals surface area contributed by atoms with Crippen LogP contribution in [-0.2, 0) is 0 Å². The summed E-state index contributed by atoms with van der Waals surface area (Å²) in [6.07, 6.45) is 3.84. The zero-order valence-electron chi connectivity index (χ0n) is 6.08. The Morgan fingerprint density at radius 2 is 2.70 bits per heavy atom. The zero-order valence-corrected chi connectivity index (χ0v) is 6.90. The van der Waals surface area contributed by atoms with Gasteiger partial charge in [-0.3, -0.25) is 4.99 Å². The molecule has 1 nitrogen and oxygen atoms in total. The largest absolute Gasteiger partial charge is 0.278 e. The molecular formula is C8H11NS. The van der Waals surface area contributed by atoms with E-state index in [2.05, 4.69) is 18.5 Å². The summed E-state index contributed by atoms with van der Waals surface area (Å²) < 4.78 is 0. The number of nitrogens with zero attached hydrogens (tertiary/aromatic N) is 1. The summed E-state index contributed by atoms with van der Waals surface area (Å²) in [6.45, 7) is 5.73. The van der Waals surface area contributed by atoms with Crippen LogP contribution in [0, 0.1) is 0 Å². The summed E-state index contributed by atoms with van der Waals surface area (Å²) in [7, 11) is 0. The van der Waals surface area contributed by atoms with E-state index in [9.17, 15) is 0 Å². The molecule has 1 atom stereocenters. The molecule has 0 fully saturated rings. The van der Waals surface area contributed by atoms with Crippen molar-refractivity contribution in [1.82, 2.24) is 0 Å². The molecule has 0 unspecified atom stereocenters. The quantitative estimate of drug-likeness (QED) is 0.554. The van der Waals surface area contributed by atoms with Gasteiger partial charge in [-0.2, -0.15) is 0 Å². The number of aliphatic imine (C=N–C) groups is 1. The Bertz CT molecular complexity index is 182. The summed E-state index contributed by atoms with van der Waals surface area (Å²) in [5.41, 5.74) is 3.22. The molecule has 0 N–H and O–H groups in total. The average molecular weight is 153 g/mol. The summed E-state index contributed by atoms with van der Waals surface area (Å²) in [5, 5.41) is 0. The molecule has 1 heterocycles. The summed E-state index contributed by atoms with van der Waals surface area (Å²) in [6, 6.07) is 0.406. The van der Waals surface area contributed by atoms with Crippen LogP contribution in [0.3, 0.4) is 0 Å². The zero-order chi connectivity index (χ0) is 7.40. The smallest absolute Gasteiger partial charge is 0.0809 e. The van der Waals surface area contributed by atoms with E-state index in [1.54, 1.807) is 11.8 Å². The van der Waals surface area contributed by atoms with Crippen molar-refractivity contribution in [3.05, 3.63) is 24.3 Å². The Morgan fingerprint density at radius 3 is 3.20 bits per heavy atom. The van der Waals surface area contributed by atoms with Crippen LogP contribution >= 0.6 is 11.8 Å². The van der Waals surface area contributed by atoms with Gasteiger partial charge < -0.3 is 0 Å². The lowest BCUT2D eigenvalue weighted by Crippen LogP contribution is -2.04. The number of hydrogen-bond donors (Lipinski definition) is 0. The van der Waals surface area contributed by atoms with Crippen molar-refractivity contribution in [3.63, 3.8) is 0 Å². The fourth-order valence-corrected chi connectivity index (χ4v) is 1.69. The van der Waals surface area contributed by atoms with Crippen LogP contribution in [0.5, 0.6) is 0 Å². The highest BCUT2D eigenvalue weighted by atomic mass is 32.2. The minimum Gasteiger partial charge on any atom is -0.278 e. The van der Waals surface area contributed by atoms with Gasteiger partial charge in [-0.25, -0.2) is 0 Å². The third-order valence-electron chi connectivity index (χ3n) is 1.48. The first-order valence-corrected chi connectivity index (χ1v) is 4.32. The number of allylic oxidation sites excluding steroid dienone is 2. The molecule has 1 aliphatic rings. The van der Waals surface area contributed by atoms with Crippen LogP contribution < -0.4 is 0 Å². The molecule has 1 aliphatic heterocycles. The van der Waals surface area contributed by atoms with Crippen molar-refractivity contribution in [1.29, 1.82) is 0 Å². The van der Waals surface area contributed by atoms with Gasteiger partial charge in [0.15, 0.2) is 0 Å². The van der Waals surface area contributed by atoms with Crippen molar-refractivity contribution in [2.45, 2.75) is 13.0 Å². The number of thioether (sulfide) groups is 1. The fraction of sp³-hybridized carbons (Fsp3) is 0.375. The topological polar surface area (TPSA) is 12.4 Å². The molecule has 10 heavy (non-hydrogen) atoms. The highest BCUT2D eigenvalue weighted by Crippen LogP contribution is 2.17. The molecule has 54 valence electrons. The van der Waals surface area contributed by atoms with Gasteiger partial charge in [0.25, 0.3) is 0 Å². The van der Waals surface area contributed by atoms with E-state index in [1.807, 2.05) is 17.7 Å². The second-order valence-electron chi connectivity index (χ2n) is 2.25. The van der Waals surface area contributed by atoms with E-state index >= 15 is 0 Å². The second kappa shape index (κ2) is 3.62. The molecule has 1 rings (SSSR count). The highest BCUT2D eigenvalue weighted by molar-refractivity contribution is 8.12. The van der Waals surface area contributed by atoms with Gasteiger partial charge in [-0.1, -0.05) is 18.7 Å². The average Bonchev–Trinajstić information content (AvgIpc) is 2.38. The van der Waals surface area contributed by atoms with E-state index in [0.29, 0.717) is 6.04 Å². The Balaban J connectivity index is 2.55. The molecule has 2 heteroatoms. The lowest BCUT2D eigenvalue weighted by Gasteiger charge is -2.03. The minimum atomic E-state index is 0.406. The predicted molar refractivity (Wildman–Crippen MR) is 48.7 cm³/mol. The molecule has 0 saturated carbocycles. The maximum absolute atomic E-state index is 4.28. The maximum atomic E-state index is 4.28. The number of rotatable bonds is 2. The lowest BCUT2D eigenvalue weighted by atomic mass is 10.1. The standard InChI is InChI=1S/C8H11NS/c1-3-4-7(2)8-5-10-6-9-8/h3-4,6,8H,1,5H2,2H3/b7-4-/t8-/m1/s1. The van der Waals surface area contributed by atoms with E-state index in [0.717, 1.165) is 5.75 Å². The van der Waals surface area contributed by atoms with Crippen LogP contribution in [0.15, 0.2) is 29.3 Å². The summed E-state index contributed by atoms with van der Waals surface area (Å²) >= 11 is 1.77. The van der Waals surface area contributed by atoms with Gasteiger partial charge in [-0.15, -0.1) is 11.8 Å². The molecule has 0 spiro atoms. The minimum absolute atomic E-state index is 0.406. The predicted octanol–water partition coefficient (Wildman–Crippen LogP) is 2.26. The summed E-state index contributed by atoms with van der Waals surface area (Å²) in [5.74, 6) is 1.09. The molecule has 0 saturated heterocycles. The van der Waals surface area contributed by atoms with E-state index < -0.39 is 0 Å². The molecule has 0 radical (unpaired) electrons. The molecule has 0 aliphatic carbocycles. The highest BCUT2D eigenvalue weighted by Gasteiger charge is 2.11. The molecule has 0 aromatic carbocycles. The van der Waals surface area contributed by atoms with Crippen LogP contribution in [0.2, 0.25) is 0 Å². The van der Waals surface area contributed by atoms with Crippen LogP contribution in [0.1, 0.15) is 6.92 Å². The first-order chi connectivity index (χ1) is 4.84. The molecule has 0 aromatic heterocycles. The van der Waals surface area contributed by atoms with E-state index in [-0.39, 0.29) is 0 Å². The van der Waals surface area contributed by atoms with Gasteiger partial charge in [-0.05, 0) is 12.5 Å². The Morgan fingerprint density at radius 1 is 1.90 bits per heavy atom. The molecule has 0 bridgehead atoms. The number of hydrogen-bond acceptors (Lipinski definition) is 2. The van der Waals surface area contributed by atoms with Crippen LogP contribution in [0.25, 0.3) is 0 Å². The van der Waals surface area contributed by atoms with Crippen molar-refractivity contribution in [2.75, 3.05) is 5.75 Å². The normalized spacial score (nSPS) is 25.3. The Kier molecular flexibility index (Phi) is 2.75. The third-order valence-corrected chi connectivity index (χ3v) is 2.25. The molecule has 0 amide bonds. The fourth-order valence-electron chi connectivity index (χ4n) is 0.840. The van der Waals surface area contributed by atoms with Crippen molar-refractivity contribution in [2.24, 2.45) is 4.99 Å². The molecular weight excluding hydrogens is 142 g/mol. The van der Waals surface area contributed by atoms with E-state index in [1.165, 1.54) is 5.57 Å². The van der Waals surface area contributed by atoms with Gasteiger partial charge in [0, 0.05) is 5.75 Å². The maximum Gasteiger partial charge on any atom is 0.0809 e. The van der Waals surface area contributed by atoms with Crippen molar-refractivity contribution >= 4 is 17.3 Å². The monoisotopic (exact) mass is 153 g/mol. The Hall–Kier alpha value is -0.500. The van der Waals surface area contributed by atoms with Gasteiger partial charge in [0.1, 0.15) is 0 Å². The first kappa shape index (κ1) is 7.61. The van der Waals surface area contributed by atoms with Crippen molar-refractivity contribution < 1.29 is 0 Å². The Labute approximate surface area is 65.9 Å². The second-order valence-corrected chi connectivity index (χ2v) is 3.13.